The Morgan fingerprint density at radius 1 is 1.37 bits per heavy atom. The van der Waals surface area contributed by atoms with Crippen LogP contribution in [0.25, 0.3) is 0 Å². The van der Waals surface area contributed by atoms with Crippen molar-refractivity contribution in [2.75, 3.05) is 29.6 Å². The van der Waals surface area contributed by atoms with Crippen LogP contribution in [-0.2, 0) is 9.84 Å². The fourth-order valence-corrected chi connectivity index (χ4v) is 1.76. The van der Waals surface area contributed by atoms with Crippen molar-refractivity contribution < 1.29 is 13.2 Å². The Bertz CT molecular complexity index is 536. The molecule has 0 amide bonds. The summed E-state index contributed by atoms with van der Waals surface area (Å²) in [6, 6.07) is 3.37. The number of aromatic nitrogens is 1. The number of hydrogen-bond acceptors (Lipinski definition) is 6. The predicted molar refractivity (Wildman–Crippen MR) is 77.2 cm³/mol. The molecule has 1 heterocycles. The number of nitrogens with two attached hydrogens (primary N) is 1. The molecule has 19 heavy (non-hydrogen) atoms. The van der Waals surface area contributed by atoms with Gasteiger partial charge in [-0.2, -0.15) is 4.98 Å². The van der Waals surface area contributed by atoms with Crippen molar-refractivity contribution in [1.82, 2.24) is 4.98 Å². The highest BCUT2D eigenvalue weighted by Gasteiger charge is 2.15. The van der Waals surface area contributed by atoms with Crippen LogP contribution in [0.15, 0.2) is 12.1 Å². The molecular formula is C12H21N3O3S. The largest absolute Gasteiger partial charge is 0.470 e. The molecule has 0 aliphatic carbocycles. The second-order valence-electron chi connectivity index (χ2n) is 5.36. The summed E-state index contributed by atoms with van der Waals surface area (Å²) in [5.41, 5.74) is 5.83. The minimum absolute atomic E-state index is 0.0501. The summed E-state index contributed by atoms with van der Waals surface area (Å²) in [6.07, 6.45) is 1.19. The van der Waals surface area contributed by atoms with E-state index in [1.165, 1.54) is 6.26 Å². The van der Waals surface area contributed by atoms with Gasteiger partial charge in [0, 0.05) is 12.8 Å². The van der Waals surface area contributed by atoms with Crippen LogP contribution in [0.4, 0.5) is 11.5 Å². The molecular weight excluding hydrogens is 266 g/mol. The van der Waals surface area contributed by atoms with Crippen LogP contribution >= 0.6 is 0 Å². The molecule has 0 aliphatic heterocycles. The molecule has 0 radical (unpaired) electrons. The summed E-state index contributed by atoms with van der Waals surface area (Å²) >= 11 is 0. The topological polar surface area (TPSA) is 94.3 Å². The molecule has 0 aromatic carbocycles. The van der Waals surface area contributed by atoms with Gasteiger partial charge in [-0.05, 0) is 32.9 Å². The molecule has 0 aliphatic rings. The number of rotatable bonds is 5. The van der Waals surface area contributed by atoms with Crippen molar-refractivity contribution in [3.8, 4) is 5.88 Å². The van der Waals surface area contributed by atoms with Crippen molar-refractivity contribution in [1.29, 1.82) is 0 Å². The van der Waals surface area contributed by atoms with Crippen LogP contribution in [0.1, 0.15) is 20.8 Å². The first-order valence-electron chi connectivity index (χ1n) is 5.94. The lowest BCUT2D eigenvalue weighted by Crippen LogP contribution is -2.24. The van der Waals surface area contributed by atoms with Crippen LogP contribution < -0.4 is 15.8 Å². The van der Waals surface area contributed by atoms with Crippen molar-refractivity contribution >= 4 is 21.3 Å². The maximum atomic E-state index is 11.0. The first kappa shape index (κ1) is 15.6. The van der Waals surface area contributed by atoms with Gasteiger partial charge < -0.3 is 15.8 Å². The van der Waals surface area contributed by atoms with E-state index in [0.717, 1.165) is 0 Å². The standard InChI is InChI=1S/C12H21N3O3S/c1-12(2,3)18-11-9(13)5-6-10(15-11)14-7-8-19(4,16)17/h5-6H,7-8,13H2,1-4H3,(H,14,15). The molecule has 7 heteroatoms. The van der Waals surface area contributed by atoms with E-state index in [2.05, 4.69) is 10.3 Å². The number of nitrogens with zero attached hydrogens (tertiary/aromatic N) is 1. The highest BCUT2D eigenvalue weighted by molar-refractivity contribution is 7.90. The van der Waals surface area contributed by atoms with E-state index < -0.39 is 15.4 Å². The minimum atomic E-state index is -2.99. The third kappa shape index (κ3) is 6.28. The van der Waals surface area contributed by atoms with Gasteiger partial charge in [-0.1, -0.05) is 0 Å². The van der Waals surface area contributed by atoms with Gasteiger partial charge in [0.2, 0.25) is 5.88 Å². The third-order valence-electron chi connectivity index (χ3n) is 2.07. The number of ether oxygens (including phenoxy) is 1. The van der Waals surface area contributed by atoms with Crippen molar-refractivity contribution in [2.24, 2.45) is 0 Å². The van der Waals surface area contributed by atoms with Crippen LogP contribution in [0.3, 0.4) is 0 Å². The Balaban J connectivity index is 2.73. The van der Waals surface area contributed by atoms with Crippen LogP contribution in [0.5, 0.6) is 5.88 Å². The number of nitrogen functional groups attached to an aromatic ring is 1. The normalized spacial score (nSPS) is 12.2. The summed E-state index contributed by atoms with van der Waals surface area (Å²) < 4.78 is 27.7. The van der Waals surface area contributed by atoms with Gasteiger partial charge in [-0.15, -0.1) is 0 Å². The third-order valence-corrected chi connectivity index (χ3v) is 3.02. The van der Waals surface area contributed by atoms with Gasteiger partial charge in [-0.3, -0.25) is 0 Å². The average Bonchev–Trinajstić information content (AvgIpc) is 2.19. The van der Waals surface area contributed by atoms with E-state index in [9.17, 15) is 8.42 Å². The number of anilines is 2. The van der Waals surface area contributed by atoms with Crippen molar-refractivity contribution in [3.63, 3.8) is 0 Å². The summed E-state index contributed by atoms with van der Waals surface area (Å²) in [5.74, 6) is 0.933. The number of nitrogens with one attached hydrogen (secondary N) is 1. The summed E-state index contributed by atoms with van der Waals surface area (Å²) in [5, 5.41) is 2.93. The van der Waals surface area contributed by atoms with Crippen LogP contribution in [0, 0.1) is 0 Å². The van der Waals surface area contributed by atoms with Gasteiger partial charge in [-0.25, -0.2) is 8.42 Å². The highest BCUT2D eigenvalue weighted by atomic mass is 32.2. The number of pyridine rings is 1. The maximum Gasteiger partial charge on any atom is 0.239 e. The van der Waals surface area contributed by atoms with E-state index in [4.69, 9.17) is 10.5 Å². The van der Waals surface area contributed by atoms with E-state index in [-0.39, 0.29) is 5.75 Å². The predicted octanol–water partition coefficient (Wildman–Crippen LogP) is 1.30. The van der Waals surface area contributed by atoms with Crippen molar-refractivity contribution in [2.45, 2.75) is 26.4 Å². The highest BCUT2D eigenvalue weighted by Crippen LogP contribution is 2.24. The molecule has 0 saturated carbocycles. The Hall–Kier alpha value is -1.50. The van der Waals surface area contributed by atoms with Crippen molar-refractivity contribution in [3.05, 3.63) is 12.1 Å². The quantitative estimate of drug-likeness (QED) is 0.847. The van der Waals surface area contributed by atoms with Gasteiger partial charge >= 0.3 is 0 Å². The smallest absolute Gasteiger partial charge is 0.239 e. The SMILES string of the molecule is CC(C)(C)Oc1nc(NCCS(C)(=O)=O)ccc1N. The average molecular weight is 287 g/mol. The molecule has 0 atom stereocenters. The molecule has 6 nitrogen and oxygen atoms in total. The van der Waals surface area contributed by atoms with Gasteiger partial charge in [0.1, 0.15) is 21.3 Å². The lowest BCUT2D eigenvalue weighted by Gasteiger charge is -2.21. The zero-order valence-corrected chi connectivity index (χ0v) is 12.5. The van der Waals surface area contributed by atoms with Gasteiger partial charge in [0.25, 0.3) is 0 Å². The van der Waals surface area contributed by atoms with Crippen LogP contribution in [0.2, 0.25) is 0 Å². The maximum absolute atomic E-state index is 11.0. The molecule has 1 rings (SSSR count). The van der Waals surface area contributed by atoms with E-state index in [1.807, 2.05) is 20.8 Å². The Morgan fingerprint density at radius 2 is 2.00 bits per heavy atom. The molecule has 1 aromatic rings. The van der Waals surface area contributed by atoms with E-state index in [1.54, 1.807) is 12.1 Å². The second kappa shape index (κ2) is 5.64. The molecule has 108 valence electrons. The van der Waals surface area contributed by atoms with Crippen LogP contribution in [-0.4, -0.2) is 37.6 Å². The molecule has 0 unspecified atom stereocenters. The zero-order valence-electron chi connectivity index (χ0n) is 11.7. The summed E-state index contributed by atoms with van der Waals surface area (Å²) in [4.78, 5) is 4.22. The molecule has 0 bridgehead atoms. The minimum Gasteiger partial charge on any atom is -0.470 e. The molecule has 0 spiro atoms. The zero-order chi connectivity index (χ0) is 14.7. The Labute approximate surface area is 114 Å². The lowest BCUT2D eigenvalue weighted by atomic mass is 10.2. The Kier molecular flexibility index (Phi) is 4.62. The summed E-state index contributed by atoms with van der Waals surface area (Å²) in [7, 11) is -2.99. The molecule has 0 saturated heterocycles. The van der Waals surface area contributed by atoms with E-state index >= 15 is 0 Å². The van der Waals surface area contributed by atoms with E-state index in [0.29, 0.717) is 23.9 Å². The second-order valence-corrected chi connectivity index (χ2v) is 7.62. The van der Waals surface area contributed by atoms with Gasteiger partial charge in [0.15, 0.2) is 0 Å². The first-order valence-corrected chi connectivity index (χ1v) is 8.00. The summed E-state index contributed by atoms with van der Waals surface area (Å²) in [6.45, 7) is 6.00. The fourth-order valence-electron chi connectivity index (χ4n) is 1.29. The monoisotopic (exact) mass is 287 g/mol. The van der Waals surface area contributed by atoms with Gasteiger partial charge in [0.05, 0.1) is 11.4 Å². The fraction of sp³-hybridized carbons (Fsp3) is 0.583. The molecule has 0 fully saturated rings. The number of sulfone groups is 1. The molecule has 3 N–H and O–H groups in total. The Morgan fingerprint density at radius 3 is 2.53 bits per heavy atom. The number of hydrogen-bond donors (Lipinski definition) is 2. The lowest BCUT2D eigenvalue weighted by molar-refractivity contribution is 0.125. The molecule has 1 aromatic heterocycles. The first-order chi connectivity index (χ1) is 8.57.